The molecule has 0 spiro atoms. The van der Waals surface area contributed by atoms with Gasteiger partial charge in [0.15, 0.2) is 0 Å². The minimum atomic E-state index is -0.293. The molecular formula is C21H19FO2. The zero-order valence-corrected chi connectivity index (χ0v) is 14.0. The molecule has 0 amide bonds. The average molecular weight is 322 g/mol. The standard InChI is InChI=1S/C21H19FO2/c1-13(2)17-11-6-14(3)20-19(17)18(5-4-12-23)21(24-20)15-7-9-16(22)10-8-15/h4-13H,1-3H3. The van der Waals surface area contributed by atoms with Gasteiger partial charge in [-0.1, -0.05) is 26.0 Å². The number of aryl methyl sites for hydroxylation is 1. The van der Waals surface area contributed by atoms with Crippen LogP contribution < -0.4 is 0 Å². The quantitative estimate of drug-likeness (QED) is 0.443. The van der Waals surface area contributed by atoms with Crippen LogP contribution in [0.1, 0.15) is 36.5 Å². The maximum atomic E-state index is 13.3. The summed E-state index contributed by atoms with van der Waals surface area (Å²) in [7, 11) is 0. The van der Waals surface area contributed by atoms with Gasteiger partial charge in [-0.3, -0.25) is 4.79 Å². The summed E-state index contributed by atoms with van der Waals surface area (Å²) >= 11 is 0. The van der Waals surface area contributed by atoms with Gasteiger partial charge in [0, 0.05) is 16.5 Å². The highest BCUT2D eigenvalue weighted by molar-refractivity contribution is 5.99. The Balaban J connectivity index is 2.38. The van der Waals surface area contributed by atoms with Crippen LogP contribution in [0.5, 0.6) is 0 Å². The average Bonchev–Trinajstić information content (AvgIpc) is 2.94. The van der Waals surface area contributed by atoms with Crippen LogP contribution in [0, 0.1) is 12.7 Å². The van der Waals surface area contributed by atoms with E-state index in [1.54, 1.807) is 18.2 Å². The van der Waals surface area contributed by atoms with E-state index in [4.69, 9.17) is 4.42 Å². The summed E-state index contributed by atoms with van der Waals surface area (Å²) in [6, 6.07) is 10.3. The lowest BCUT2D eigenvalue weighted by Crippen LogP contribution is -1.90. The third kappa shape index (κ3) is 2.78. The van der Waals surface area contributed by atoms with Gasteiger partial charge in [0.25, 0.3) is 0 Å². The maximum absolute atomic E-state index is 13.3. The van der Waals surface area contributed by atoms with Crippen LogP contribution in [0.25, 0.3) is 28.4 Å². The molecule has 122 valence electrons. The van der Waals surface area contributed by atoms with E-state index in [1.807, 2.05) is 13.0 Å². The van der Waals surface area contributed by atoms with Gasteiger partial charge in [-0.25, -0.2) is 4.39 Å². The van der Waals surface area contributed by atoms with E-state index in [9.17, 15) is 9.18 Å². The first-order valence-corrected chi connectivity index (χ1v) is 7.96. The summed E-state index contributed by atoms with van der Waals surface area (Å²) in [5.41, 5.74) is 4.65. The Kier molecular flexibility index (Phi) is 4.34. The molecule has 0 radical (unpaired) electrons. The molecule has 0 aliphatic rings. The summed E-state index contributed by atoms with van der Waals surface area (Å²) in [5.74, 6) is 0.674. The van der Waals surface area contributed by atoms with Crippen LogP contribution >= 0.6 is 0 Å². The van der Waals surface area contributed by atoms with Crippen LogP contribution in [-0.4, -0.2) is 6.29 Å². The van der Waals surface area contributed by atoms with Crippen molar-refractivity contribution in [2.45, 2.75) is 26.7 Å². The summed E-state index contributed by atoms with van der Waals surface area (Å²) in [5, 5.41) is 1.02. The number of benzene rings is 2. The molecule has 0 N–H and O–H groups in total. The van der Waals surface area contributed by atoms with Crippen LogP contribution in [0.4, 0.5) is 4.39 Å². The largest absolute Gasteiger partial charge is 0.455 e. The second-order valence-corrected chi connectivity index (χ2v) is 6.18. The normalized spacial score (nSPS) is 11.7. The Bertz CT molecular complexity index is 915. The van der Waals surface area contributed by atoms with Crippen molar-refractivity contribution in [3.63, 3.8) is 0 Å². The second-order valence-electron chi connectivity index (χ2n) is 6.18. The Hall–Kier alpha value is -2.68. The van der Waals surface area contributed by atoms with Gasteiger partial charge in [0.05, 0.1) is 0 Å². The van der Waals surface area contributed by atoms with Gasteiger partial charge in [-0.2, -0.15) is 0 Å². The number of rotatable bonds is 4. The first kappa shape index (κ1) is 16.2. The van der Waals surface area contributed by atoms with Crippen molar-refractivity contribution in [1.82, 2.24) is 0 Å². The Morgan fingerprint density at radius 3 is 2.42 bits per heavy atom. The van der Waals surface area contributed by atoms with E-state index in [-0.39, 0.29) is 5.82 Å². The number of furan rings is 1. The molecule has 3 aromatic rings. The topological polar surface area (TPSA) is 30.2 Å². The molecule has 1 heterocycles. The van der Waals surface area contributed by atoms with E-state index in [0.29, 0.717) is 11.7 Å². The van der Waals surface area contributed by atoms with E-state index in [0.717, 1.165) is 33.9 Å². The molecule has 2 nitrogen and oxygen atoms in total. The molecule has 24 heavy (non-hydrogen) atoms. The molecule has 2 aromatic carbocycles. The summed E-state index contributed by atoms with van der Waals surface area (Å²) in [6.07, 6.45) is 3.98. The Morgan fingerprint density at radius 2 is 1.79 bits per heavy atom. The predicted octanol–water partition coefficient (Wildman–Crippen LogP) is 5.88. The monoisotopic (exact) mass is 322 g/mol. The van der Waals surface area contributed by atoms with Crippen molar-refractivity contribution in [3.05, 3.63) is 65.0 Å². The number of allylic oxidation sites excluding steroid dienone is 1. The molecule has 3 rings (SSSR count). The van der Waals surface area contributed by atoms with Crippen LogP contribution in [0.3, 0.4) is 0 Å². The maximum Gasteiger partial charge on any atom is 0.142 e. The van der Waals surface area contributed by atoms with Gasteiger partial charge in [-0.05, 0) is 60.4 Å². The number of fused-ring (bicyclic) bond motifs is 1. The van der Waals surface area contributed by atoms with Crippen molar-refractivity contribution >= 4 is 23.3 Å². The number of carbonyl (C=O) groups excluding carboxylic acids is 1. The van der Waals surface area contributed by atoms with Gasteiger partial charge in [-0.15, -0.1) is 0 Å². The highest BCUT2D eigenvalue weighted by Crippen LogP contribution is 2.40. The van der Waals surface area contributed by atoms with Gasteiger partial charge >= 0.3 is 0 Å². The van der Waals surface area contributed by atoms with E-state index in [2.05, 4.69) is 19.9 Å². The zero-order valence-electron chi connectivity index (χ0n) is 14.0. The Morgan fingerprint density at radius 1 is 1.08 bits per heavy atom. The van der Waals surface area contributed by atoms with Crippen molar-refractivity contribution in [2.24, 2.45) is 0 Å². The van der Waals surface area contributed by atoms with Crippen LogP contribution in [0.2, 0.25) is 0 Å². The van der Waals surface area contributed by atoms with E-state index in [1.165, 1.54) is 23.8 Å². The van der Waals surface area contributed by atoms with Crippen LogP contribution in [0.15, 0.2) is 46.9 Å². The van der Waals surface area contributed by atoms with E-state index < -0.39 is 0 Å². The molecule has 1 aromatic heterocycles. The lowest BCUT2D eigenvalue weighted by Gasteiger charge is -2.08. The third-order valence-electron chi connectivity index (χ3n) is 4.17. The molecule has 0 saturated carbocycles. The number of halogens is 1. The van der Waals surface area contributed by atoms with E-state index >= 15 is 0 Å². The minimum Gasteiger partial charge on any atom is -0.455 e. The molecule has 3 heteroatoms. The lowest BCUT2D eigenvalue weighted by molar-refractivity contribution is -0.104. The fourth-order valence-corrected chi connectivity index (χ4v) is 2.97. The zero-order chi connectivity index (χ0) is 17.3. The summed E-state index contributed by atoms with van der Waals surface area (Å²) in [4.78, 5) is 10.8. The van der Waals surface area contributed by atoms with Crippen molar-refractivity contribution in [2.75, 3.05) is 0 Å². The van der Waals surface area contributed by atoms with Crippen molar-refractivity contribution in [3.8, 4) is 11.3 Å². The molecule has 0 aliphatic carbocycles. The molecule has 0 unspecified atom stereocenters. The Labute approximate surface area is 140 Å². The minimum absolute atomic E-state index is 0.293. The fraction of sp³-hybridized carbons (Fsp3) is 0.190. The van der Waals surface area contributed by atoms with Crippen LogP contribution in [-0.2, 0) is 4.79 Å². The lowest BCUT2D eigenvalue weighted by atomic mass is 9.93. The molecule has 0 fully saturated rings. The third-order valence-corrected chi connectivity index (χ3v) is 4.17. The molecule has 0 saturated heterocycles. The molecule has 0 atom stereocenters. The van der Waals surface area contributed by atoms with Gasteiger partial charge in [0.2, 0.25) is 0 Å². The molecule has 0 aliphatic heterocycles. The first-order valence-electron chi connectivity index (χ1n) is 7.96. The summed E-state index contributed by atoms with van der Waals surface area (Å²) < 4.78 is 19.4. The number of aldehydes is 1. The second kappa shape index (κ2) is 6.44. The van der Waals surface area contributed by atoms with Gasteiger partial charge in [0.1, 0.15) is 23.4 Å². The number of hydrogen-bond donors (Lipinski definition) is 0. The first-order chi connectivity index (χ1) is 11.5. The molecular weight excluding hydrogens is 303 g/mol. The highest BCUT2D eigenvalue weighted by atomic mass is 19.1. The SMILES string of the molecule is Cc1ccc(C(C)C)c2c(C=CC=O)c(-c3ccc(F)cc3)oc12. The van der Waals surface area contributed by atoms with Crippen molar-refractivity contribution in [1.29, 1.82) is 0 Å². The van der Waals surface area contributed by atoms with Crippen molar-refractivity contribution < 1.29 is 13.6 Å². The number of hydrogen-bond acceptors (Lipinski definition) is 2. The smallest absolute Gasteiger partial charge is 0.142 e. The summed E-state index contributed by atoms with van der Waals surface area (Å²) in [6.45, 7) is 6.25. The molecule has 0 bridgehead atoms. The fourth-order valence-electron chi connectivity index (χ4n) is 2.97. The predicted molar refractivity (Wildman–Crippen MR) is 95.5 cm³/mol. The highest BCUT2D eigenvalue weighted by Gasteiger charge is 2.19. The van der Waals surface area contributed by atoms with Gasteiger partial charge < -0.3 is 4.42 Å². The number of carbonyl (C=O) groups is 1.